The number of hydrogen-bond donors (Lipinski definition) is 0. The molecule has 0 aliphatic carbocycles. The Morgan fingerprint density at radius 2 is 2.06 bits per heavy atom. The summed E-state index contributed by atoms with van der Waals surface area (Å²) in [4.78, 5) is 11.6. The van der Waals surface area contributed by atoms with Crippen LogP contribution in [0.15, 0.2) is 30.3 Å². The molecule has 2 atom stereocenters. The monoisotopic (exact) mass is 218 g/mol. The molecule has 1 aromatic rings. The molecular weight excluding hydrogens is 200 g/mol. The molecule has 0 saturated carbocycles. The molecule has 1 aromatic carbocycles. The Kier molecular flexibility index (Phi) is 3.10. The molecule has 0 spiro atoms. The Labute approximate surface area is 96.6 Å². The molecule has 0 amide bonds. The van der Waals surface area contributed by atoms with Gasteiger partial charge in [-0.3, -0.25) is 4.79 Å². The van der Waals surface area contributed by atoms with Crippen LogP contribution in [0.2, 0.25) is 0 Å². The molecule has 1 fully saturated rings. The van der Waals surface area contributed by atoms with E-state index in [9.17, 15) is 4.79 Å². The average molecular weight is 218 g/mol. The number of hydrogen-bond acceptors (Lipinski definition) is 2. The van der Waals surface area contributed by atoms with Crippen LogP contribution in [0.3, 0.4) is 0 Å². The molecule has 1 aliphatic heterocycles. The Morgan fingerprint density at radius 1 is 1.38 bits per heavy atom. The van der Waals surface area contributed by atoms with Crippen molar-refractivity contribution in [3.05, 3.63) is 35.9 Å². The Hall–Kier alpha value is -1.15. The van der Waals surface area contributed by atoms with Gasteiger partial charge in [0, 0.05) is 19.3 Å². The van der Waals surface area contributed by atoms with E-state index in [2.05, 4.69) is 12.1 Å². The van der Waals surface area contributed by atoms with E-state index in [1.165, 1.54) is 5.56 Å². The van der Waals surface area contributed by atoms with Crippen molar-refractivity contribution in [1.29, 1.82) is 0 Å². The third kappa shape index (κ3) is 2.70. The van der Waals surface area contributed by atoms with Crippen LogP contribution in [0.1, 0.15) is 32.3 Å². The predicted molar refractivity (Wildman–Crippen MR) is 63.3 cm³/mol. The van der Waals surface area contributed by atoms with Gasteiger partial charge < -0.3 is 4.74 Å². The zero-order valence-corrected chi connectivity index (χ0v) is 9.90. The van der Waals surface area contributed by atoms with Gasteiger partial charge in [-0.1, -0.05) is 30.3 Å². The Bertz CT molecular complexity index is 372. The Morgan fingerprint density at radius 3 is 2.69 bits per heavy atom. The quantitative estimate of drug-likeness (QED) is 0.763. The summed E-state index contributed by atoms with van der Waals surface area (Å²) in [6, 6.07) is 10.2. The molecule has 1 aliphatic rings. The molecule has 2 nitrogen and oxygen atoms in total. The highest BCUT2D eigenvalue weighted by atomic mass is 16.5. The first-order chi connectivity index (χ1) is 7.57. The van der Waals surface area contributed by atoms with E-state index in [0.29, 0.717) is 18.6 Å². The number of Topliss-reactive ketones (excluding diaryl/α,β-unsaturated/α-hetero) is 1. The molecule has 0 radical (unpaired) electrons. The van der Waals surface area contributed by atoms with Crippen molar-refractivity contribution in [2.75, 3.05) is 0 Å². The van der Waals surface area contributed by atoms with Crippen LogP contribution in [0.5, 0.6) is 0 Å². The Balaban J connectivity index is 2.10. The van der Waals surface area contributed by atoms with Gasteiger partial charge >= 0.3 is 0 Å². The first-order valence-electron chi connectivity index (χ1n) is 5.81. The number of carbonyl (C=O) groups is 1. The zero-order valence-electron chi connectivity index (χ0n) is 9.90. The van der Waals surface area contributed by atoms with Crippen LogP contribution in [0.25, 0.3) is 0 Å². The maximum atomic E-state index is 11.6. The molecule has 2 heteroatoms. The lowest BCUT2D eigenvalue weighted by molar-refractivity contribution is -0.148. The summed E-state index contributed by atoms with van der Waals surface area (Å²) in [7, 11) is 0. The lowest BCUT2D eigenvalue weighted by Crippen LogP contribution is -2.42. The number of rotatable bonds is 2. The lowest BCUT2D eigenvalue weighted by Gasteiger charge is -2.36. The van der Waals surface area contributed by atoms with Gasteiger partial charge in [-0.25, -0.2) is 0 Å². The van der Waals surface area contributed by atoms with Crippen molar-refractivity contribution >= 4 is 5.78 Å². The van der Waals surface area contributed by atoms with E-state index in [4.69, 9.17) is 4.74 Å². The van der Waals surface area contributed by atoms with Crippen molar-refractivity contribution in [3.8, 4) is 0 Å². The third-order valence-corrected chi connectivity index (χ3v) is 2.99. The maximum absolute atomic E-state index is 11.6. The molecule has 1 saturated heterocycles. The third-order valence-electron chi connectivity index (χ3n) is 2.99. The van der Waals surface area contributed by atoms with Gasteiger partial charge in [0.15, 0.2) is 0 Å². The van der Waals surface area contributed by atoms with Gasteiger partial charge in [-0.15, -0.1) is 0 Å². The van der Waals surface area contributed by atoms with Crippen molar-refractivity contribution < 1.29 is 9.53 Å². The van der Waals surface area contributed by atoms with Crippen molar-refractivity contribution in [1.82, 2.24) is 0 Å². The molecule has 1 heterocycles. The van der Waals surface area contributed by atoms with Crippen molar-refractivity contribution in [2.24, 2.45) is 0 Å². The van der Waals surface area contributed by atoms with Crippen LogP contribution in [0.4, 0.5) is 0 Å². The summed E-state index contributed by atoms with van der Waals surface area (Å²) < 4.78 is 5.93. The molecule has 0 bridgehead atoms. The van der Waals surface area contributed by atoms with Gasteiger partial charge in [0.25, 0.3) is 0 Å². The molecule has 16 heavy (non-hydrogen) atoms. The van der Waals surface area contributed by atoms with Gasteiger partial charge in [0.2, 0.25) is 0 Å². The van der Waals surface area contributed by atoms with Crippen LogP contribution >= 0.6 is 0 Å². The highest BCUT2D eigenvalue weighted by Gasteiger charge is 2.35. The standard InChI is InChI=1S/C14H18O2/c1-11-8-13(15)10-14(2,16-11)9-12-6-4-3-5-7-12/h3-7,11H,8-10H2,1-2H3. The minimum atomic E-state index is -0.323. The van der Waals surface area contributed by atoms with Crippen LogP contribution in [0, 0.1) is 0 Å². The van der Waals surface area contributed by atoms with Crippen LogP contribution in [-0.4, -0.2) is 17.5 Å². The number of ether oxygens (including phenoxy) is 1. The van der Waals surface area contributed by atoms with Gasteiger partial charge in [0.05, 0.1) is 11.7 Å². The second-order valence-corrected chi connectivity index (χ2v) is 4.96. The summed E-state index contributed by atoms with van der Waals surface area (Å²) in [6.45, 7) is 4.01. The molecule has 2 unspecified atom stereocenters. The fourth-order valence-corrected chi connectivity index (χ4v) is 2.51. The summed E-state index contributed by atoms with van der Waals surface area (Å²) in [5.41, 5.74) is 0.905. The molecular formula is C14H18O2. The normalized spacial score (nSPS) is 30.4. The van der Waals surface area contributed by atoms with E-state index >= 15 is 0 Å². The van der Waals surface area contributed by atoms with Crippen LogP contribution in [-0.2, 0) is 16.0 Å². The smallest absolute Gasteiger partial charge is 0.138 e. The first kappa shape index (κ1) is 11.3. The van der Waals surface area contributed by atoms with Gasteiger partial charge in [-0.2, -0.15) is 0 Å². The SMILES string of the molecule is CC1CC(=O)CC(C)(Cc2ccccc2)O1. The minimum absolute atomic E-state index is 0.0509. The van der Waals surface area contributed by atoms with E-state index in [1.54, 1.807) is 0 Å². The first-order valence-corrected chi connectivity index (χ1v) is 5.81. The fourth-order valence-electron chi connectivity index (χ4n) is 2.51. The van der Waals surface area contributed by atoms with E-state index in [-0.39, 0.29) is 11.7 Å². The summed E-state index contributed by atoms with van der Waals surface area (Å²) >= 11 is 0. The van der Waals surface area contributed by atoms with E-state index < -0.39 is 0 Å². The minimum Gasteiger partial charge on any atom is -0.371 e. The molecule has 2 rings (SSSR count). The lowest BCUT2D eigenvalue weighted by atomic mass is 9.87. The zero-order chi connectivity index (χ0) is 11.6. The molecule has 0 aromatic heterocycles. The molecule has 86 valence electrons. The largest absolute Gasteiger partial charge is 0.371 e. The predicted octanol–water partition coefficient (Wildman–Crippen LogP) is 2.76. The van der Waals surface area contributed by atoms with Crippen molar-refractivity contribution in [3.63, 3.8) is 0 Å². The average Bonchev–Trinajstić information content (AvgIpc) is 2.15. The fraction of sp³-hybridized carbons (Fsp3) is 0.500. The summed E-state index contributed by atoms with van der Waals surface area (Å²) in [6.07, 6.45) is 1.95. The summed E-state index contributed by atoms with van der Waals surface area (Å²) in [5, 5.41) is 0. The molecule has 0 N–H and O–H groups in total. The second kappa shape index (κ2) is 4.38. The van der Waals surface area contributed by atoms with Gasteiger partial charge in [0.1, 0.15) is 5.78 Å². The summed E-state index contributed by atoms with van der Waals surface area (Å²) in [5.74, 6) is 0.317. The van der Waals surface area contributed by atoms with Crippen molar-refractivity contribution in [2.45, 2.75) is 44.8 Å². The van der Waals surface area contributed by atoms with E-state index in [0.717, 1.165) is 6.42 Å². The van der Waals surface area contributed by atoms with Gasteiger partial charge in [-0.05, 0) is 19.4 Å². The highest BCUT2D eigenvalue weighted by Crippen LogP contribution is 2.29. The topological polar surface area (TPSA) is 26.3 Å². The second-order valence-electron chi connectivity index (χ2n) is 4.96. The highest BCUT2D eigenvalue weighted by molar-refractivity contribution is 5.80. The maximum Gasteiger partial charge on any atom is 0.138 e. The van der Waals surface area contributed by atoms with Crippen LogP contribution < -0.4 is 0 Å². The number of benzene rings is 1. The number of carbonyl (C=O) groups excluding carboxylic acids is 1. The number of ketones is 1. The van der Waals surface area contributed by atoms with E-state index in [1.807, 2.05) is 32.0 Å².